The predicted octanol–water partition coefficient (Wildman–Crippen LogP) is 2.91. The molecule has 0 aliphatic carbocycles. The molecule has 2 rings (SSSR count). The molecule has 0 saturated heterocycles. The minimum absolute atomic E-state index is 0.247. The summed E-state index contributed by atoms with van der Waals surface area (Å²) < 4.78 is 36.9. The molecule has 124 valence electrons. The molecule has 2 aromatic rings. The van der Waals surface area contributed by atoms with Gasteiger partial charge in [0, 0.05) is 13.6 Å². The molecule has 2 aromatic carbocycles. The van der Waals surface area contributed by atoms with Crippen LogP contribution in [0.3, 0.4) is 0 Å². The fraction of sp³-hybridized carbons (Fsp3) is 0.294. The number of ether oxygens (including phenoxy) is 2. The second-order valence-electron chi connectivity index (χ2n) is 5.01. The summed E-state index contributed by atoms with van der Waals surface area (Å²) in [6.45, 7) is 2.72. The zero-order chi connectivity index (χ0) is 16.9. The Balaban J connectivity index is 2.13. The van der Waals surface area contributed by atoms with Crippen molar-refractivity contribution in [3.05, 3.63) is 54.1 Å². The Morgan fingerprint density at radius 1 is 0.957 bits per heavy atom. The first-order valence-corrected chi connectivity index (χ1v) is 8.73. The van der Waals surface area contributed by atoms with E-state index in [0.717, 1.165) is 11.3 Å². The third kappa shape index (κ3) is 4.24. The van der Waals surface area contributed by atoms with Gasteiger partial charge < -0.3 is 9.47 Å². The van der Waals surface area contributed by atoms with Gasteiger partial charge in [-0.3, -0.25) is 0 Å². The van der Waals surface area contributed by atoms with E-state index < -0.39 is 10.0 Å². The number of benzene rings is 2. The smallest absolute Gasteiger partial charge is 0.243 e. The number of rotatable bonds is 7. The molecule has 0 saturated carbocycles. The molecule has 0 aromatic heterocycles. The molecule has 0 spiro atoms. The molecule has 0 N–H and O–H groups in total. The Morgan fingerprint density at radius 2 is 1.52 bits per heavy atom. The van der Waals surface area contributed by atoms with Crippen LogP contribution >= 0.6 is 0 Å². The second-order valence-corrected chi connectivity index (χ2v) is 7.06. The lowest BCUT2D eigenvalue weighted by Gasteiger charge is -2.17. The van der Waals surface area contributed by atoms with Crippen LogP contribution in [-0.4, -0.2) is 33.5 Å². The molecule has 0 atom stereocenters. The summed E-state index contributed by atoms with van der Waals surface area (Å²) in [7, 11) is -0.378. The minimum Gasteiger partial charge on any atom is -0.497 e. The molecule has 0 aliphatic rings. The van der Waals surface area contributed by atoms with Gasteiger partial charge in [0.15, 0.2) is 0 Å². The van der Waals surface area contributed by atoms with E-state index >= 15 is 0 Å². The highest BCUT2D eigenvalue weighted by atomic mass is 32.2. The number of hydrogen-bond donors (Lipinski definition) is 0. The van der Waals surface area contributed by atoms with E-state index in [0.29, 0.717) is 18.9 Å². The van der Waals surface area contributed by atoms with Crippen molar-refractivity contribution >= 4 is 10.0 Å². The van der Waals surface area contributed by atoms with Crippen LogP contribution in [0.4, 0.5) is 0 Å². The van der Waals surface area contributed by atoms with Crippen LogP contribution in [0.5, 0.6) is 11.5 Å². The Hall–Kier alpha value is -2.05. The maximum Gasteiger partial charge on any atom is 0.243 e. The molecule has 0 amide bonds. The molecule has 0 bridgehead atoms. The van der Waals surface area contributed by atoms with Crippen LogP contribution in [0.2, 0.25) is 0 Å². The lowest BCUT2D eigenvalue weighted by molar-refractivity contribution is 0.340. The summed E-state index contributed by atoms with van der Waals surface area (Å²) >= 11 is 0. The van der Waals surface area contributed by atoms with Crippen LogP contribution in [0, 0.1) is 0 Å². The predicted molar refractivity (Wildman–Crippen MR) is 89.3 cm³/mol. The van der Waals surface area contributed by atoms with Crippen molar-refractivity contribution in [1.82, 2.24) is 4.31 Å². The van der Waals surface area contributed by atoms with Crippen LogP contribution in [0.1, 0.15) is 12.5 Å². The quantitative estimate of drug-likeness (QED) is 0.781. The van der Waals surface area contributed by atoms with E-state index in [9.17, 15) is 8.42 Å². The van der Waals surface area contributed by atoms with Crippen molar-refractivity contribution < 1.29 is 17.9 Å². The standard InChI is InChI=1S/C17H21NO4S/c1-4-22-16-9-11-17(12-10-16)23(19,20)18(2)13-14-5-7-15(21-3)8-6-14/h5-12H,4,13H2,1-3H3. The number of sulfonamides is 1. The lowest BCUT2D eigenvalue weighted by atomic mass is 10.2. The van der Waals surface area contributed by atoms with E-state index in [1.165, 1.54) is 4.31 Å². The average molecular weight is 335 g/mol. The van der Waals surface area contributed by atoms with Crippen molar-refractivity contribution in [2.24, 2.45) is 0 Å². The van der Waals surface area contributed by atoms with E-state index in [-0.39, 0.29) is 4.90 Å². The third-order valence-corrected chi connectivity index (χ3v) is 5.22. The highest BCUT2D eigenvalue weighted by Gasteiger charge is 2.20. The fourth-order valence-electron chi connectivity index (χ4n) is 2.13. The maximum absolute atomic E-state index is 12.6. The Morgan fingerprint density at radius 3 is 2.04 bits per heavy atom. The first-order chi connectivity index (χ1) is 11.0. The van der Waals surface area contributed by atoms with Crippen molar-refractivity contribution in [3.63, 3.8) is 0 Å². The van der Waals surface area contributed by atoms with E-state index in [4.69, 9.17) is 9.47 Å². The van der Waals surface area contributed by atoms with Gasteiger partial charge in [-0.15, -0.1) is 0 Å². The summed E-state index contributed by atoms with van der Waals surface area (Å²) in [5.41, 5.74) is 0.891. The van der Waals surface area contributed by atoms with Crippen molar-refractivity contribution in [3.8, 4) is 11.5 Å². The van der Waals surface area contributed by atoms with Crippen molar-refractivity contribution in [1.29, 1.82) is 0 Å². The van der Waals surface area contributed by atoms with Gasteiger partial charge in [-0.1, -0.05) is 12.1 Å². The molecule has 0 fully saturated rings. The SMILES string of the molecule is CCOc1ccc(S(=O)(=O)N(C)Cc2ccc(OC)cc2)cc1. The molecule has 0 aliphatic heterocycles. The largest absolute Gasteiger partial charge is 0.497 e. The van der Waals surface area contributed by atoms with Gasteiger partial charge in [0.1, 0.15) is 11.5 Å². The summed E-state index contributed by atoms with van der Waals surface area (Å²) in [6.07, 6.45) is 0. The first-order valence-electron chi connectivity index (χ1n) is 7.29. The summed E-state index contributed by atoms with van der Waals surface area (Å²) in [4.78, 5) is 0.247. The van der Waals surface area contributed by atoms with Gasteiger partial charge in [-0.2, -0.15) is 4.31 Å². The Bertz CT molecular complexity index is 724. The average Bonchev–Trinajstić information content (AvgIpc) is 2.56. The third-order valence-electron chi connectivity index (χ3n) is 3.41. The summed E-state index contributed by atoms with van der Waals surface area (Å²) in [6, 6.07) is 13.8. The second kappa shape index (κ2) is 7.48. The topological polar surface area (TPSA) is 55.8 Å². The van der Waals surface area contributed by atoms with Crippen LogP contribution in [0.25, 0.3) is 0 Å². The molecule has 6 heteroatoms. The number of hydrogen-bond acceptors (Lipinski definition) is 4. The Kier molecular flexibility index (Phi) is 5.63. The number of methoxy groups -OCH3 is 1. The van der Waals surface area contributed by atoms with Gasteiger partial charge in [0.05, 0.1) is 18.6 Å². The molecule has 5 nitrogen and oxygen atoms in total. The summed E-state index contributed by atoms with van der Waals surface area (Å²) in [5, 5.41) is 0. The van der Waals surface area contributed by atoms with E-state index in [1.54, 1.807) is 38.4 Å². The highest BCUT2D eigenvalue weighted by molar-refractivity contribution is 7.89. The molecular weight excluding hydrogens is 314 g/mol. The molecule has 0 heterocycles. The highest BCUT2D eigenvalue weighted by Crippen LogP contribution is 2.21. The lowest BCUT2D eigenvalue weighted by Crippen LogP contribution is -2.26. The molecular formula is C17H21NO4S. The molecule has 0 radical (unpaired) electrons. The van der Waals surface area contributed by atoms with Gasteiger partial charge in [-0.25, -0.2) is 8.42 Å². The van der Waals surface area contributed by atoms with Gasteiger partial charge in [-0.05, 0) is 48.9 Å². The zero-order valence-corrected chi connectivity index (χ0v) is 14.3. The van der Waals surface area contributed by atoms with Crippen LogP contribution in [0.15, 0.2) is 53.4 Å². The first kappa shape index (κ1) is 17.3. The van der Waals surface area contributed by atoms with Crippen LogP contribution < -0.4 is 9.47 Å². The van der Waals surface area contributed by atoms with Gasteiger partial charge in [0.2, 0.25) is 10.0 Å². The van der Waals surface area contributed by atoms with Crippen molar-refractivity contribution in [2.45, 2.75) is 18.4 Å². The van der Waals surface area contributed by atoms with E-state index in [2.05, 4.69) is 0 Å². The minimum atomic E-state index is -3.54. The van der Waals surface area contributed by atoms with Crippen LogP contribution in [-0.2, 0) is 16.6 Å². The fourth-order valence-corrected chi connectivity index (χ4v) is 3.29. The zero-order valence-electron chi connectivity index (χ0n) is 13.5. The molecule has 0 unspecified atom stereocenters. The number of nitrogens with zero attached hydrogens (tertiary/aromatic N) is 1. The maximum atomic E-state index is 12.6. The monoisotopic (exact) mass is 335 g/mol. The van der Waals surface area contributed by atoms with Gasteiger partial charge in [0.25, 0.3) is 0 Å². The summed E-state index contributed by atoms with van der Waals surface area (Å²) in [5.74, 6) is 1.40. The Labute approximate surface area is 137 Å². The van der Waals surface area contributed by atoms with Gasteiger partial charge >= 0.3 is 0 Å². The molecule has 23 heavy (non-hydrogen) atoms. The normalized spacial score (nSPS) is 11.5. The van der Waals surface area contributed by atoms with E-state index in [1.807, 2.05) is 31.2 Å². The van der Waals surface area contributed by atoms with Crippen molar-refractivity contribution in [2.75, 3.05) is 20.8 Å².